The number of carbonyl (C=O) groups excluding carboxylic acids is 1. The number of benzene rings is 2. The van der Waals surface area contributed by atoms with Gasteiger partial charge >= 0.3 is 0 Å². The van der Waals surface area contributed by atoms with Gasteiger partial charge in [0.15, 0.2) is 0 Å². The van der Waals surface area contributed by atoms with Crippen LogP contribution in [0, 0.1) is 0 Å². The quantitative estimate of drug-likeness (QED) is 0.335. The van der Waals surface area contributed by atoms with Crippen LogP contribution in [0.1, 0.15) is 5.56 Å². The largest absolute Gasteiger partial charge is 0.496 e. The number of methoxy groups -OCH3 is 1. The summed E-state index contributed by atoms with van der Waals surface area (Å²) in [6.07, 6.45) is 9.51. The number of para-hydroxylation sites is 1. The number of hydrogen-bond acceptors (Lipinski definition) is 7. The Bertz CT molecular complexity index is 1620. The van der Waals surface area contributed by atoms with Crippen LogP contribution in [0.15, 0.2) is 79.6 Å². The van der Waals surface area contributed by atoms with Crippen molar-refractivity contribution < 1.29 is 9.53 Å². The van der Waals surface area contributed by atoms with Crippen LogP contribution in [0.2, 0.25) is 0 Å². The summed E-state index contributed by atoms with van der Waals surface area (Å²) in [5, 5.41) is 5.29. The molecule has 4 heterocycles. The van der Waals surface area contributed by atoms with Crippen LogP contribution < -0.4 is 9.64 Å². The van der Waals surface area contributed by atoms with Gasteiger partial charge in [-0.15, -0.1) is 0 Å². The van der Waals surface area contributed by atoms with Crippen LogP contribution in [0.25, 0.3) is 33.2 Å². The summed E-state index contributed by atoms with van der Waals surface area (Å²) in [6.45, 7) is 2.79. The van der Waals surface area contributed by atoms with Gasteiger partial charge in [-0.1, -0.05) is 18.2 Å². The highest BCUT2D eigenvalue weighted by molar-refractivity contribution is 5.97. The molecule has 3 aromatic heterocycles. The molecule has 0 bridgehead atoms. The second-order valence-electron chi connectivity index (χ2n) is 9.64. The molecule has 1 saturated heterocycles. The van der Waals surface area contributed by atoms with Crippen LogP contribution in [0.5, 0.6) is 5.75 Å². The second-order valence-corrected chi connectivity index (χ2v) is 9.64. The van der Waals surface area contributed by atoms with E-state index in [9.17, 15) is 4.79 Å². The third-order valence-corrected chi connectivity index (χ3v) is 7.21. The van der Waals surface area contributed by atoms with E-state index in [1.165, 1.54) is 0 Å². The van der Waals surface area contributed by atoms with Gasteiger partial charge in [-0.05, 0) is 41.5 Å². The Morgan fingerprint density at radius 2 is 1.77 bits per heavy atom. The minimum Gasteiger partial charge on any atom is -0.496 e. The zero-order valence-corrected chi connectivity index (χ0v) is 22.0. The van der Waals surface area contributed by atoms with Crippen LogP contribution in [0.3, 0.4) is 0 Å². The Kier molecular flexibility index (Phi) is 6.62. The lowest BCUT2D eigenvalue weighted by Crippen LogP contribution is -2.49. The molecule has 1 aliphatic heterocycles. The molecular weight excluding hydrogens is 490 g/mol. The van der Waals surface area contributed by atoms with E-state index in [-0.39, 0.29) is 5.91 Å². The summed E-state index contributed by atoms with van der Waals surface area (Å²) >= 11 is 0. The number of amides is 1. The van der Waals surface area contributed by atoms with Gasteiger partial charge in [0.1, 0.15) is 17.9 Å². The molecule has 196 valence electrons. The number of ether oxygens (including phenoxy) is 1. The van der Waals surface area contributed by atoms with Gasteiger partial charge in [0.2, 0.25) is 5.91 Å². The lowest BCUT2D eigenvalue weighted by atomic mass is 9.97. The SMILES string of the molecule is COc1ccccc1CC(=O)N1CCN(c2ccc(-c3cc(-c4cnn(C)c4)cc4ncncc34)cn2)CC1. The first-order valence-electron chi connectivity index (χ1n) is 12.9. The number of carbonyl (C=O) groups is 1. The van der Waals surface area contributed by atoms with Crippen LogP contribution in [0.4, 0.5) is 5.82 Å². The Hall–Kier alpha value is -4.79. The molecule has 0 unspecified atom stereocenters. The molecule has 0 spiro atoms. The maximum absolute atomic E-state index is 12.9. The van der Waals surface area contributed by atoms with Gasteiger partial charge in [0.05, 0.1) is 25.2 Å². The van der Waals surface area contributed by atoms with Crippen molar-refractivity contribution >= 4 is 22.6 Å². The van der Waals surface area contributed by atoms with E-state index < -0.39 is 0 Å². The highest BCUT2D eigenvalue weighted by Gasteiger charge is 2.23. The van der Waals surface area contributed by atoms with E-state index in [0.717, 1.165) is 63.4 Å². The van der Waals surface area contributed by atoms with Gasteiger partial charge in [-0.25, -0.2) is 15.0 Å². The lowest BCUT2D eigenvalue weighted by Gasteiger charge is -2.35. The molecule has 0 atom stereocenters. The molecule has 1 aliphatic rings. The first-order chi connectivity index (χ1) is 19.1. The van der Waals surface area contributed by atoms with Gasteiger partial charge in [0, 0.05) is 73.9 Å². The van der Waals surface area contributed by atoms with E-state index in [2.05, 4.69) is 38.2 Å². The molecule has 0 saturated carbocycles. The molecule has 1 amide bonds. The molecule has 2 aromatic carbocycles. The first kappa shape index (κ1) is 24.5. The number of rotatable bonds is 6. The minimum absolute atomic E-state index is 0.116. The smallest absolute Gasteiger partial charge is 0.227 e. The van der Waals surface area contributed by atoms with Crippen molar-refractivity contribution in [1.29, 1.82) is 0 Å². The molecular formula is C30H29N7O2. The van der Waals surface area contributed by atoms with E-state index >= 15 is 0 Å². The van der Waals surface area contributed by atoms with Gasteiger partial charge < -0.3 is 14.5 Å². The summed E-state index contributed by atoms with van der Waals surface area (Å²) in [5.41, 5.74) is 5.88. The average Bonchev–Trinajstić information content (AvgIpc) is 3.43. The molecule has 9 heteroatoms. The van der Waals surface area contributed by atoms with Crippen molar-refractivity contribution in [2.45, 2.75) is 6.42 Å². The van der Waals surface area contributed by atoms with E-state index in [1.54, 1.807) is 18.1 Å². The van der Waals surface area contributed by atoms with Crippen molar-refractivity contribution in [3.05, 3.63) is 85.2 Å². The number of anilines is 1. The second kappa shape index (κ2) is 10.5. The maximum atomic E-state index is 12.9. The maximum Gasteiger partial charge on any atom is 0.227 e. The summed E-state index contributed by atoms with van der Waals surface area (Å²) in [6, 6.07) is 16.0. The Morgan fingerprint density at radius 1 is 0.923 bits per heavy atom. The van der Waals surface area contributed by atoms with Gasteiger partial charge in [0.25, 0.3) is 0 Å². The molecule has 0 aliphatic carbocycles. The molecule has 9 nitrogen and oxygen atoms in total. The Labute approximate surface area is 226 Å². The highest BCUT2D eigenvalue weighted by atomic mass is 16.5. The summed E-state index contributed by atoms with van der Waals surface area (Å²) in [7, 11) is 3.54. The third-order valence-electron chi connectivity index (χ3n) is 7.21. The fourth-order valence-corrected chi connectivity index (χ4v) is 5.10. The van der Waals surface area contributed by atoms with Gasteiger partial charge in [-0.2, -0.15) is 5.10 Å². The van der Waals surface area contributed by atoms with E-state index in [0.29, 0.717) is 19.5 Å². The lowest BCUT2D eigenvalue weighted by molar-refractivity contribution is -0.130. The Balaban J connectivity index is 1.17. The minimum atomic E-state index is 0.116. The van der Waals surface area contributed by atoms with Crippen LogP contribution in [-0.2, 0) is 18.3 Å². The number of aromatic nitrogens is 5. The predicted molar refractivity (Wildman–Crippen MR) is 150 cm³/mol. The highest BCUT2D eigenvalue weighted by Crippen LogP contribution is 2.33. The number of aryl methyl sites for hydroxylation is 1. The van der Waals surface area contributed by atoms with Crippen molar-refractivity contribution in [1.82, 2.24) is 29.6 Å². The zero-order chi connectivity index (χ0) is 26.8. The monoisotopic (exact) mass is 519 g/mol. The number of hydrogen-bond donors (Lipinski definition) is 0. The summed E-state index contributed by atoms with van der Waals surface area (Å²) in [5.74, 6) is 1.77. The topological polar surface area (TPSA) is 89.3 Å². The van der Waals surface area contributed by atoms with E-state index in [4.69, 9.17) is 9.72 Å². The normalized spacial score (nSPS) is 13.6. The number of nitrogens with zero attached hydrogens (tertiary/aromatic N) is 7. The molecule has 0 radical (unpaired) electrons. The van der Waals surface area contributed by atoms with Crippen LogP contribution >= 0.6 is 0 Å². The Morgan fingerprint density at radius 3 is 2.51 bits per heavy atom. The molecule has 39 heavy (non-hydrogen) atoms. The number of fused-ring (bicyclic) bond motifs is 1. The van der Waals surface area contributed by atoms with E-state index in [1.807, 2.05) is 67.1 Å². The first-order valence-corrected chi connectivity index (χ1v) is 12.9. The number of pyridine rings is 1. The molecule has 1 fully saturated rings. The van der Waals surface area contributed by atoms with Crippen molar-refractivity contribution in [3.8, 4) is 28.0 Å². The van der Waals surface area contributed by atoms with Crippen molar-refractivity contribution in [3.63, 3.8) is 0 Å². The molecule has 6 rings (SSSR count). The fraction of sp³-hybridized carbons (Fsp3) is 0.233. The van der Waals surface area contributed by atoms with Crippen molar-refractivity contribution in [2.24, 2.45) is 7.05 Å². The molecule has 0 N–H and O–H groups in total. The summed E-state index contributed by atoms with van der Waals surface area (Å²) in [4.78, 5) is 30.7. The zero-order valence-electron chi connectivity index (χ0n) is 22.0. The fourth-order valence-electron chi connectivity index (χ4n) is 5.10. The number of piperazine rings is 1. The van der Waals surface area contributed by atoms with Crippen molar-refractivity contribution in [2.75, 3.05) is 38.2 Å². The molecule has 5 aromatic rings. The standard InChI is InChI=1S/C30H29N7O2/c1-35-19-24(17-34-35)23-13-25(26-18-31-20-33-27(26)14-23)22-7-8-29(32-16-22)36-9-11-37(12-10-36)30(38)15-21-5-3-4-6-28(21)39-2/h3-8,13-14,16-20H,9-12,15H2,1-2H3. The van der Waals surface area contributed by atoms with Gasteiger partial charge in [-0.3, -0.25) is 9.48 Å². The summed E-state index contributed by atoms with van der Waals surface area (Å²) < 4.78 is 7.20. The predicted octanol–water partition coefficient (Wildman–Crippen LogP) is 3.99. The average molecular weight is 520 g/mol. The third kappa shape index (κ3) is 5.03. The van der Waals surface area contributed by atoms with Crippen LogP contribution in [-0.4, -0.2) is 68.8 Å².